The molecule has 92 valence electrons. The maximum absolute atomic E-state index is 9.86. The SMILES string of the molecule is CCN=C1N[C@H]2[C@H](O)[C@H](O)[C@H](CO)O[C@@H]2S1. The maximum atomic E-state index is 9.86. The van der Waals surface area contributed by atoms with Crippen LogP contribution in [-0.2, 0) is 4.74 Å². The summed E-state index contributed by atoms with van der Waals surface area (Å²) >= 11 is 1.38. The molecule has 6 nitrogen and oxygen atoms in total. The number of hydrogen-bond acceptors (Lipinski definition) is 6. The average molecular weight is 248 g/mol. The predicted octanol–water partition coefficient (Wildman–Crippen LogP) is -1.49. The molecule has 4 N–H and O–H groups in total. The Kier molecular flexibility index (Phi) is 3.70. The van der Waals surface area contributed by atoms with E-state index in [0.717, 1.165) is 0 Å². The summed E-state index contributed by atoms with van der Waals surface area (Å²) in [6, 6.07) is -0.368. The van der Waals surface area contributed by atoms with Gasteiger partial charge in [0.15, 0.2) is 5.17 Å². The molecule has 0 bridgehead atoms. The lowest BCUT2D eigenvalue weighted by atomic mass is 9.98. The summed E-state index contributed by atoms with van der Waals surface area (Å²) in [6.07, 6.45) is -2.75. The molecule has 0 aromatic heterocycles. The Hall–Kier alpha value is -0.340. The number of fused-ring (bicyclic) bond motifs is 1. The zero-order valence-electron chi connectivity index (χ0n) is 8.91. The zero-order valence-corrected chi connectivity index (χ0v) is 9.72. The fourth-order valence-corrected chi connectivity index (χ4v) is 3.05. The molecule has 0 aliphatic carbocycles. The summed E-state index contributed by atoms with van der Waals surface area (Å²) in [5, 5.41) is 32.3. The third kappa shape index (κ3) is 2.05. The van der Waals surface area contributed by atoms with Crippen LogP contribution in [0.25, 0.3) is 0 Å². The molecule has 2 rings (SSSR count). The van der Waals surface area contributed by atoms with Gasteiger partial charge in [-0.05, 0) is 6.92 Å². The number of ether oxygens (including phenoxy) is 1. The van der Waals surface area contributed by atoms with E-state index in [9.17, 15) is 10.2 Å². The van der Waals surface area contributed by atoms with Crippen molar-refractivity contribution in [3.8, 4) is 0 Å². The molecule has 0 unspecified atom stereocenters. The number of hydrogen-bond donors (Lipinski definition) is 4. The van der Waals surface area contributed by atoms with Crippen molar-refractivity contribution in [1.29, 1.82) is 0 Å². The Morgan fingerprint density at radius 2 is 2.19 bits per heavy atom. The molecule has 0 spiro atoms. The number of rotatable bonds is 2. The van der Waals surface area contributed by atoms with Crippen molar-refractivity contribution < 1.29 is 20.1 Å². The second kappa shape index (κ2) is 4.89. The highest BCUT2D eigenvalue weighted by molar-refractivity contribution is 8.14. The fourth-order valence-electron chi connectivity index (χ4n) is 1.85. The van der Waals surface area contributed by atoms with Crippen molar-refractivity contribution in [3.05, 3.63) is 0 Å². The van der Waals surface area contributed by atoms with Crippen LogP contribution in [0.5, 0.6) is 0 Å². The fraction of sp³-hybridized carbons (Fsp3) is 0.889. The van der Waals surface area contributed by atoms with E-state index in [2.05, 4.69) is 10.3 Å². The van der Waals surface area contributed by atoms with Gasteiger partial charge in [0, 0.05) is 6.54 Å². The van der Waals surface area contributed by atoms with Gasteiger partial charge in [0.2, 0.25) is 0 Å². The highest BCUT2D eigenvalue weighted by Gasteiger charge is 2.48. The van der Waals surface area contributed by atoms with Crippen LogP contribution in [0.3, 0.4) is 0 Å². The second-order valence-electron chi connectivity index (χ2n) is 3.77. The molecule has 0 amide bonds. The summed E-state index contributed by atoms with van der Waals surface area (Å²) in [5.41, 5.74) is -0.305. The van der Waals surface area contributed by atoms with Crippen LogP contribution in [-0.4, -0.2) is 63.4 Å². The molecular weight excluding hydrogens is 232 g/mol. The molecule has 0 radical (unpaired) electrons. The minimum Gasteiger partial charge on any atom is -0.394 e. The molecule has 2 heterocycles. The molecular formula is C9H16N2O4S. The number of aliphatic hydroxyl groups is 3. The Morgan fingerprint density at radius 1 is 1.44 bits per heavy atom. The van der Waals surface area contributed by atoms with E-state index in [1.54, 1.807) is 0 Å². The van der Waals surface area contributed by atoms with Crippen molar-refractivity contribution in [2.45, 2.75) is 36.7 Å². The van der Waals surface area contributed by atoms with Gasteiger partial charge in [-0.25, -0.2) is 0 Å². The second-order valence-corrected chi connectivity index (χ2v) is 4.86. The predicted molar refractivity (Wildman–Crippen MR) is 60.3 cm³/mol. The van der Waals surface area contributed by atoms with Gasteiger partial charge in [0.25, 0.3) is 0 Å². The molecule has 7 heteroatoms. The number of nitrogens with zero attached hydrogens (tertiary/aromatic N) is 1. The van der Waals surface area contributed by atoms with Gasteiger partial charge in [-0.2, -0.15) is 0 Å². The van der Waals surface area contributed by atoms with Crippen molar-refractivity contribution in [2.24, 2.45) is 4.99 Å². The topological polar surface area (TPSA) is 94.3 Å². The van der Waals surface area contributed by atoms with Crippen molar-refractivity contribution >= 4 is 16.9 Å². The van der Waals surface area contributed by atoms with Crippen molar-refractivity contribution in [1.82, 2.24) is 5.32 Å². The van der Waals surface area contributed by atoms with E-state index in [0.29, 0.717) is 11.7 Å². The van der Waals surface area contributed by atoms with Gasteiger partial charge in [-0.15, -0.1) is 0 Å². The van der Waals surface area contributed by atoms with Crippen LogP contribution in [0.4, 0.5) is 0 Å². The molecule has 16 heavy (non-hydrogen) atoms. The van der Waals surface area contributed by atoms with Crippen LogP contribution >= 0.6 is 11.8 Å². The van der Waals surface area contributed by atoms with Gasteiger partial charge in [0.05, 0.1) is 12.6 Å². The minimum absolute atomic E-state index is 0.303. The zero-order chi connectivity index (χ0) is 11.7. The lowest BCUT2D eigenvalue weighted by Crippen LogP contribution is -2.59. The van der Waals surface area contributed by atoms with Gasteiger partial charge in [-0.1, -0.05) is 11.8 Å². The van der Waals surface area contributed by atoms with Crippen molar-refractivity contribution in [3.63, 3.8) is 0 Å². The molecule has 2 saturated heterocycles. The smallest absolute Gasteiger partial charge is 0.159 e. The average Bonchev–Trinajstić information content (AvgIpc) is 2.67. The molecule has 0 aromatic rings. The summed E-state index contributed by atoms with van der Waals surface area (Å²) < 4.78 is 5.48. The van der Waals surface area contributed by atoms with Crippen molar-refractivity contribution in [2.75, 3.05) is 13.2 Å². The van der Waals surface area contributed by atoms with Crippen LogP contribution in [0.2, 0.25) is 0 Å². The minimum atomic E-state index is -1.07. The number of amidine groups is 1. The highest BCUT2D eigenvalue weighted by atomic mass is 32.2. The lowest BCUT2D eigenvalue weighted by Gasteiger charge is -2.38. The van der Waals surface area contributed by atoms with E-state index in [-0.39, 0.29) is 18.1 Å². The van der Waals surface area contributed by atoms with Gasteiger partial charge < -0.3 is 25.4 Å². The molecule has 0 saturated carbocycles. The largest absolute Gasteiger partial charge is 0.394 e. The first-order valence-corrected chi connectivity index (χ1v) is 6.15. The maximum Gasteiger partial charge on any atom is 0.159 e. The van der Waals surface area contributed by atoms with Crippen LogP contribution in [0.15, 0.2) is 4.99 Å². The highest BCUT2D eigenvalue weighted by Crippen LogP contribution is 2.33. The molecule has 5 atom stereocenters. The lowest BCUT2D eigenvalue weighted by molar-refractivity contribution is -0.167. The molecule has 2 aliphatic heterocycles. The van der Waals surface area contributed by atoms with Gasteiger partial charge >= 0.3 is 0 Å². The first-order chi connectivity index (χ1) is 7.67. The molecule has 0 aromatic carbocycles. The normalized spacial score (nSPS) is 45.5. The third-order valence-electron chi connectivity index (χ3n) is 2.70. The van der Waals surface area contributed by atoms with Crippen LogP contribution < -0.4 is 5.32 Å². The molecule has 2 fully saturated rings. The number of thioether (sulfide) groups is 1. The van der Waals surface area contributed by atoms with Crippen LogP contribution in [0, 0.1) is 0 Å². The van der Waals surface area contributed by atoms with Crippen LogP contribution in [0.1, 0.15) is 6.92 Å². The Morgan fingerprint density at radius 3 is 2.81 bits per heavy atom. The Balaban J connectivity index is 2.10. The Labute approximate surface area is 97.7 Å². The first-order valence-electron chi connectivity index (χ1n) is 5.27. The van der Waals surface area contributed by atoms with E-state index < -0.39 is 18.3 Å². The quantitative estimate of drug-likeness (QED) is 0.475. The van der Waals surface area contributed by atoms with E-state index >= 15 is 0 Å². The number of nitrogens with one attached hydrogen (secondary N) is 1. The summed E-state index contributed by atoms with van der Waals surface area (Å²) in [7, 11) is 0. The third-order valence-corrected chi connectivity index (χ3v) is 3.81. The summed E-state index contributed by atoms with van der Waals surface area (Å²) in [6.45, 7) is 2.26. The monoisotopic (exact) mass is 248 g/mol. The van der Waals surface area contributed by atoms with E-state index in [1.165, 1.54) is 11.8 Å². The standard InChI is InChI=1S/C9H16N2O4S/c1-2-10-9-11-5-7(14)6(13)4(3-12)15-8(5)16-9/h4-8,12-14H,2-3H2,1H3,(H,10,11)/t4-,5-,6+,7-,8+/m0/s1. The number of aliphatic hydroxyl groups excluding tert-OH is 3. The first kappa shape index (κ1) is 12.1. The van der Waals surface area contributed by atoms with Gasteiger partial charge in [0.1, 0.15) is 23.7 Å². The molecule has 2 aliphatic rings. The Bertz CT molecular complexity index is 289. The van der Waals surface area contributed by atoms with E-state index in [1.807, 2.05) is 6.92 Å². The summed E-state index contributed by atoms with van der Waals surface area (Å²) in [4.78, 5) is 4.19. The summed E-state index contributed by atoms with van der Waals surface area (Å²) in [5.74, 6) is 0. The number of aliphatic imine (C=N–C) groups is 1. The van der Waals surface area contributed by atoms with E-state index in [4.69, 9.17) is 9.84 Å². The van der Waals surface area contributed by atoms with Gasteiger partial charge in [-0.3, -0.25) is 4.99 Å².